The Morgan fingerprint density at radius 1 is 1.24 bits per heavy atom. The second-order valence-corrected chi connectivity index (χ2v) is 7.95. The zero-order valence-electron chi connectivity index (χ0n) is 17.0. The highest BCUT2D eigenvalue weighted by molar-refractivity contribution is 9.10. The van der Waals surface area contributed by atoms with E-state index in [1.165, 1.54) is 19.3 Å². The van der Waals surface area contributed by atoms with E-state index in [-0.39, 0.29) is 5.91 Å². The molecule has 29 heavy (non-hydrogen) atoms. The summed E-state index contributed by atoms with van der Waals surface area (Å²) in [7, 11) is 1.57. The van der Waals surface area contributed by atoms with Gasteiger partial charge in [-0.1, -0.05) is 13.0 Å². The van der Waals surface area contributed by atoms with Crippen molar-refractivity contribution in [3.05, 3.63) is 46.1 Å². The molecule has 1 aliphatic heterocycles. The third-order valence-electron chi connectivity index (χ3n) is 4.88. The van der Waals surface area contributed by atoms with Crippen LogP contribution in [0.3, 0.4) is 0 Å². The smallest absolute Gasteiger partial charge is 0.251 e. The molecule has 0 aliphatic carbocycles. The minimum Gasteiger partial charge on any atom is -0.493 e. The quantitative estimate of drug-likeness (QED) is 0.623. The highest BCUT2D eigenvalue weighted by atomic mass is 79.9. The molecule has 1 aromatic carbocycles. The molecule has 1 aliphatic rings. The molecule has 6 nitrogen and oxygen atoms in total. The maximum atomic E-state index is 12.6. The van der Waals surface area contributed by atoms with Crippen molar-refractivity contribution in [2.24, 2.45) is 0 Å². The SMILES string of the molecule is CCCOc1c(Br)cc(C(=O)NCc2ccc(N3CCCCC3)nc2)cc1OC. The molecule has 1 aromatic heterocycles. The molecular formula is C22H28BrN3O3. The molecular weight excluding hydrogens is 434 g/mol. The number of aromatic nitrogens is 1. The van der Waals surface area contributed by atoms with E-state index in [2.05, 4.69) is 31.1 Å². The number of amides is 1. The number of hydrogen-bond acceptors (Lipinski definition) is 5. The summed E-state index contributed by atoms with van der Waals surface area (Å²) in [6.45, 7) is 5.17. The van der Waals surface area contributed by atoms with Gasteiger partial charge >= 0.3 is 0 Å². The van der Waals surface area contributed by atoms with Gasteiger partial charge in [-0.15, -0.1) is 0 Å². The van der Waals surface area contributed by atoms with E-state index in [0.717, 1.165) is 30.9 Å². The van der Waals surface area contributed by atoms with Crippen LogP contribution in [0.5, 0.6) is 11.5 Å². The number of pyridine rings is 1. The highest BCUT2D eigenvalue weighted by Gasteiger charge is 2.16. The van der Waals surface area contributed by atoms with Crippen molar-refractivity contribution in [2.45, 2.75) is 39.2 Å². The van der Waals surface area contributed by atoms with Crippen LogP contribution in [-0.4, -0.2) is 37.7 Å². The largest absolute Gasteiger partial charge is 0.493 e. The molecule has 0 radical (unpaired) electrons. The van der Waals surface area contributed by atoms with E-state index in [0.29, 0.717) is 34.7 Å². The summed E-state index contributed by atoms with van der Waals surface area (Å²) in [5, 5.41) is 2.95. The molecule has 0 bridgehead atoms. The summed E-state index contributed by atoms with van der Waals surface area (Å²) in [5.74, 6) is 1.98. The van der Waals surface area contributed by atoms with Gasteiger partial charge in [-0.2, -0.15) is 0 Å². The van der Waals surface area contributed by atoms with Gasteiger partial charge in [0.05, 0.1) is 18.2 Å². The second-order valence-electron chi connectivity index (χ2n) is 7.09. The lowest BCUT2D eigenvalue weighted by atomic mass is 10.1. The number of benzene rings is 1. The van der Waals surface area contributed by atoms with Crippen LogP contribution < -0.4 is 19.7 Å². The molecule has 0 spiro atoms. The Labute approximate surface area is 180 Å². The number of hydrogen-bond donors (Lipinski definition) is 1. The molecule has 1 amide bonds. The predicted octanol–water partition coefficient (Wildman–Crippen LogP) is 4.56. The first kappa shape index (κ1) is 21.4. The predicted molar refractivity (Wildman–Crippen MR) is 118 cm³/mol. The number of ether oxygens (including phenoxy) is 2. The van der Waals surface area contributed by atoms with Gasteiger partial charge in [0.1, 0.15) is 5.82 Å². The van der Waals surface area contributed by atoms with Gasteiger partial charge < -0.3 is 19.7 Å². The van der Waals surface area contributed by atoms with Crippen LogP contribution in [0, 0.1) is 0 Å². The number of carbonyl (C=O) groups excluding carboxylic acids is 1. The van der Waals surface area contributed by atoms with Crippen molar-refractivity contribution in [2.75, 3.05) is 31.7 Å². The number of nitrogens with zero attached hydrogens (tertiary/aromatic N) is 2. The van der Waals surface area contributed by atoms with Crippen molar-refractivity contribution >= 4 is 27.7 Å². The Bertz CT molecular complexity index is 821. The Morgan fingerprint density at radius 3 is 2.69 bits per heavy atom. The van der Waals surface area contributed by atoms with Crippen molar-refractivity contribution in [1.29, 1.82) is 0 Å². The van der Waals surface area contributed by atoms with Crippen molar-refractivity contribution in [3.8, 4) is 11.5 Å². The molecule has 1 saturated heterocycles. The fraction of sp³-hybridized carbons (Fsp3) is 0.455. The summed E-state index contributed by atoms with van der Waals surface area (Å²) in [4.78, 5) is 19.5. The minimum absolute atomic E-state index is 0.175. The first-order chi connectivity index (χ1) is 14.1. The van der Waals surface area contributed by atoms with Crippen LogP contribution >= 0.6 is 15.9 Å². The lowest BCUT2D eigenvalue weighted by Gasteiger charge is -2.27. The molecule has 1 N–H and O–H groups in total. The van der Waals surface area contributed by atoms with Gasteiger partial charge in [-0.3, -0.25) is 4.79 Å². The normalized spacial score (nSPS) is 13.8. The molecule has 156 valence electrons. The van der Waals surface area contributed by atoms with E-state index in [1.807, 2.05) is 25.3 Å². The average molecular weight is 462 g/mol. The number of piperidine rings is 1. The fourth-order valence-electron chi connectivity index (χ4n) is 3.31. The van der Waals surface area contributed by atoms with E-state index in [4.69, 9.17) is 9.47 Å². The molecule has 0 atom stereocenters. The van der Waals surface area contributed by atoms with Crippen LogP contribution in [0.15, 0.2) is 34.9 Å². The van der Waals surface area contributed by atoms with Crippen molar-refractivity contribution in [1.82, 2.24) is 10.3 Å². The number of rotatable bonds is 8. The molecule has 3 rings (SSSR count). The van der Waals surface area contributed by atoms with E-state index in [9.17, 15) is 4.79 Å². The van der Waals surface area contributed by atoms with E-state index < -0.39 is 0 Å². The lowest BCUT2D eigenvalue weighted by Crippen LogP contribution is -2.30. The van der Waals surface area contributed by atoms with E-state index >= 15 is 0 Å². The van der Waals surface area contributed by atoms with Gasteiger partial charge in [0.15, 0.2) is 11.5 Å². The van der Waals surface area contributed by atoms with Crippen LogP contribution in [0.1, 0.15) is 48.5 Å². The maximum Gasteiger partial charge on any atom is 0.251 e. The van der Waals surface area contributed by atoms with Crippen molar-refractivity contribution in [3.63, 3.8) is 0 Å². The second kappa shape index (κ2) is 10.5. The standard InChI is InChI=1S/C22H28BrN3O3/c1-3-11-29-21-18(23)12-17(13-19(21)28-2)22(27)25-15-16-7-8-20(24-14-16)26-9-5-4-6-10-26/h7-8,12-14H,3-6,9-11,15H2,1-2H3,(H,25,27). The van der Waals surface area contributed by atoms with Crippen molar-refractivity contribution < 1.29 is 14.3 Å². The molecule has 2 aromatic rings. The zero-order chi connectivity index (χ0) is 20.6. The van der Waals surface area contributed by atoms with Gasteiger partial charge in [-0.05, 0) is 65.4 Å². The fourth-order valence-corrected chi connectivity index (χ4v) is 3.87. The van der Waals surface area contributed by atoms with Crippen LogP contribution in [-0.2, 0) is 6.54 Å². The molecule has 1 fully saturated rings. The number of nitrogens with one attached hydrogen (secondary N) is 1. The van der Waals surface area contributed by atoms with Gasteiger partial charge in [0.2, 0.25) is 0 Å². The topological polar surface area (TPSA) is 63.7 Å². The molecule has 2 heterocycles. The average Bonchev–Trinajstić information content (AvgIpc) is 2.77. The first-order valence-electron chi connectivity index (χ1n) is 10.1. The number of anilines is 1. The van der Waals surface area contributed by atoms with Crippen LogP contribution in [0.2, 0.25) is 0 Å². The summed E-state index contributed by atoms with van der Waals surface area (Å²) in [6, 6.07) is 7.50. The number of halogens is 1. The first-order valence-corrected chi connectivity index (χ1v) is 10.9. The van der Waals surface area contributed by atoms with E-state index in [1.54, 1.807) is 19.2 Å². The Morgan fingerprint density at radius 2 is 2.03 bits per heavy atom. The molecule has 0 saturated carbocycles. The summed E-state index contributed by atoms with van der Waals surface area (Å²) >= 11 is 3.48. The monoisotopic (exact) mass is 461 g/mol. The number of methoxy groups -OCH3 is 1. The summed E-state index contributed by atoms with van der Waals surface area (Å²) in [6.07, 6.45) is 6.47. The number of carbonyl (C=O) groups is 1. The zero-order valence-corrected chi connectivity index (χ0v) is 18.6. The van der Waals surface area contributed by atoms with Gasteiger partial charge in [0.25, 0.3) is 5.91 Å². The lowest BCUT2D eigenvalue weighted by molar-refractivity contribution is 0.0950. The Hall–Kier alpha value is -2.28. The third-order valence-corrected chi connectivity index (χ3v) is 5.47. The molecule has 0 unspecified atom stereocenters. The third kappa shape index (κ3) is 5.63. The highest BCUT2D eigenvalue weighted by Crippen LogP contribution is 2.36. The van der Waals surface area contributed by atoms with Gasteiger partial charge in [-0.25, -0.2) is 4.98 Å². The maximum absolute atomic E-state index is 12.6. The summed E-state index contributed by atoms with van der Waals surface area (Å²) in [5.41, 5.74) is 1.48. The summed E-state index contributed by atoms with van der Waals surface area (Å²) < 4.78 is 11.8. The van der Waals surface area contributed by atoms with Crippen LogP contribution in [0.4, 0.5) is 5.82 Å². The minimum atomic E-state index is -0.175. The Kier molecular flexibility index (Phi) is 7.75. The molecule has 7 heteroatoms. The van der Waals surface area contributed by atoms with Crippen LogP contribution in [0.25, 0.3) is 0 Å². The Balaban J connectivity index is 1.62. The van der Waals surface area contributed by atoms with Gasteiger partial charge in [0, 0.05) is 31.4 Å².